The van der Waals surface area contributed by atoms with E-state index < -0.39 is 0 Å². The molecule has 0 unspecified atom stereocenters. The highest BCUT2D eigenvalue weighted by Gasteiger charge is 2.09. The zero-order valence-electron chi connectivity index (χ0n) is 18.4. The maximum Gasteiger partial charge on any atom is 0.271 e. The van der Waals surface area contributed by atoms with E-state index in [1.807, 2.05) is 60.7 Å². The smallest absolute Gasteiger partial charge is 0.271 e. The summed E-state index contributed by atoms with van der Waals surface area (Å²) in [4.78, 5) is 23.6. The summed E-state index contributed by atoms with van der Waals surface area (Å²) in [5.74, 6) is 0.103. The van der Waals surface area contributed by atoms with E-state index in [4.69, 9.17) is 16.3 Å². The number of amides is 2. The molecule has 170 valence electrons. The minimum absolute atomic E-state index is 0.175. The Balaban J connectivity index is 1.52. The fourth-order valence-corrected chi connectivity index (χ4v) is 3.53. The Kier molecular flexibility index (Phi) is 7.20. The second kappa shape index (κ2) is 10.6. The molecule has 7 heteroatoms. The molecule has 34 heavy (non-hydrogen) atoms. The van der Waals surface area contributed by atoms with Crippen molar-refractivity contribution in [1.29, 1.82) is 0 Å². The van der Waals surface area contributed by atoms with Gasteiger partial charge in [0.15, 0.2) is 0 Å². The van der Waals surface area contributed by atoms with Gasteiger partial charge in [-0.1, -0.05) is 54.1 Å². The summed E-state index contributed by atoms with van der Waals surface area (Å²) in [6.45, 7) is 1.79. The van der Waals surface area contributed by atoms with Gasteiger partial charge in [0.05, 0.1) is 6.21 Å². The Morgan fingerprint density at radius 2 is 1.68 bits per heavy atom. The van der Waals surface area contributed by atoms with Gasteiger partial charge >= 0.3 is 0 Å². The van der Waals surface area contributed by atoms with Crippen LogP contribution in [-0.4, -0.2) is 18.0 Å². The van der Waals surface area contributed by atoms with Crippen LogP contribution in [0, 0.1) is 0 Å². The first-order chi connectivity index (χ1) is 16.5. The van der Waals surface area contributed by atoms with E-state index in [1.54, 1.807) is 30.5 Å². The van der Waals surface area contributed by atoms with Crippen LogP contribution in [0.15, 0.2) is 90.0 Å². The molecule has 0 saturated heterocycles. The molecule has 0 atom stereocenters. The van der Waals surface area contributed by atoms with Gasteiger partial charge < -0.3 is 10.1 Å². The normalized spacial score (nSPS) is 10.9. The zero-order valence-corrected chi connectivity index (χ0v) is 19.2. The molecule has 0 aliphatic carbocycles. The van der Waals surface area contributed by atoms with Crippen molar-refractivity contribution in [3.8, 4) is 5.75 Å². The average molecular weight is 472 g/mol. The lowest BCUT2D eigenvalue weighted by Crippen LogP contribution is -2.17. The van der Waals surface area contributed by atoms with Crippen LogP contribution in [0.2, 0.25) is 5.02 Å². The first-order valence-corrected chi connectivity index (χ1v) is 11.0. The Hall–Kier alpha value is -4.16. The Labute approximate surface area is 202 Å². The van der Waals surface area contributed by atoms with Gasteiger partial charge in [-0.15, -0.1) is 0 Å². The number of nitrogens with zero attached hydrogens (tertiary/aromatic N) is 1. The van der Waals surface area contributed by atoms with Crippen molar-refractivity contribution < 1.29 is 14.3 Å². The van der Waals surface area contributed by atoms with Gasteiger partial charge in [-0.3, -0.25) is 9.59 Å². The highest BCUT2D eigenvalue weighted by atomic mass is 35.5. The summed E-state index contributed by atoms with van der Waals surface area (Å²) in [5, 5.41) is 9.49. The van der Waals surface area contributed by atoms with Crippen LogP contribution >= 0.6 is 11.6 Å². The molecule has 0 spiro atoms. The predicted molar refractivity (Wildman–Crippen MR) is 136 cm³/mol. The number of benzene rings is 4. The van der Waals surface area contributed by atoms with E-state index in [-0.39, 0.29) is 11.8 Å². The summed E-state index contributed by atoms with van der Waals surface area (Å²) in [7, 11) is 0. The largest absolute Gasteiger partial charge is 0.488 e. The van der Waals surface area contributed by atoms with Crippen molar-refractivity contribution in [1.82, 2.24) is 5.43 Å². The molecular formula is C27H22ClN3O3. The number of carbonyl (C=O) groups is 2. The third-order valence-corrected chi connectivity index (χ3v) is 5.32. The number of rotatable bonds is 7. The van der Waals surface area contributed by atoms with Crippen molar-refractivity contribution in [2.45, 2.75) is 13.5 Å². The van der Waals surface area contributed by atoms with Crippen molar-refractivity contribution in [3.05, 3.63) is 107 Å². The van der Waals surface area contributed by atoms with Gasteiger partial charge in [-0.05, 0) is 58.8 Å². The molecule has 4 aromatic carbocycles. The minimum atomic E-state index is -0.366. The molecule has 0 aromatic heterocycles. The summed E-state index contributed by atoms with van der Waals surface area (Å²) in [5.41, 5.74) is 5.33. The molecule has 0 bridgehead atoms. The van der Waals surface area contributed by atoms with Crippen LogP contribution in [0.3, 0.4) is 0 Å². The first-order valence-electron chi connectivity index (χ1n) is 10.6. The minimum Gasteiger partial charge on any atom is -0.488 e. The number of carbonyl (C=O) groups excluding carboxylic acids is 2. The molecule has 4 rings (SSSR count). The number of halogens is 1. The lowest BCUT2D eigenvalue weighted by atomic mass is 10.0. The molecule has 0 aliphatic heterocycles. The first kappa shape index (κ1) is 23.0. The molecular weight excluding hydrogens is 450 g/mol. The third-order valence-electron chi connectivity index (χ3n) is 5.07. The van der Waals surface area contributed by atoms with E-state index in [2.05, 4.69) is 15.8 Å². The van der Waals surface area contributed by atoms with Gasteiger partial charge in [0, 0.05) is 28.8 Å². The van der Waals surface area contributed by atoms with Gasteiger partial charge in [0.2, 0.25) is 5.91 Å². The lowest BCUT2D eigenvalue weighted by Gasteiger charge is -2.12. The lowest BCUT2D eigenvalue weighted by molar-refractivity contribution is -0.114. The van der Waals surface area contributed by atoms with E-state index in [0.29, 0.717) is 28.6 Å². The molecule has 2 amide bonds. The second-order valence-electron chi connectivity index (χ2n) is 7.57. The summed E-state index contributed by atoms with van der Waals surface area (Å²) < 4.78 is 6.08. The fourth-order valence-electron chi connectivity index (χ4n) is 3.40. The Bertz CT molecular complexity index is 1350. The molecule has 0 heterocycles. The third kappa shape index (κ3) is 5.79. The SMILES string of the molecule is CC(=O)Nc1ccc(C(=O)NN=Cc2c(OCc3ccc(Cl)cc3)ccc3ccccc23)cc1. The van der Waals surface area contributed by atoms with Crippen LogP contribution in [0.1, 0.15) is 28.4 Å². The summed E-state index contributed by atoms with van der Waals surface area (Å²) in [6.07, 6.45) is 1.59. The van der Waals surface area contributed by atoms with E-state index in [9.17, 15) is 9.59 Å². The number of anilines is 1. The summed E-state index contributed by atoms with van der Waals surface area (Å²) >= 11 is 5.96. The van der Waals surface area contributed by atoms with E-state index >= 15 is 0 Å². The van der Waals surface area contributed by atoms with E-state index in [0.717, 1.165) is 21.9 Å². The number of hydrogen-bond donors (Lipinski definition) is 2. The summed E-state index contributed by atoms with van der Waals surface area (Å²) in [6, 6.07) is 25.8. The van der Waals surface area contributed by atoms with Crippen LogP contribution in [0.5, 0.6) is 5.75 Å². The van der Waals surface area contributed by atoms with Gasteiger partial charge in [0.25, 0.3) is 5.91 Å². The van der Waals surface area contributed by atoms with Gasteiger partial charge in [-0.25, -0.2) is 5.43 Å². The van der Waals surface area contributed by atoms with Crippen molar-refractivity contribution in [2.75, 3.05) is 5.32 Å². The quantitative estimate of drug-likeness (QED) is 0.264. The fraction of sp³-hybridized carbons (Fsp3) is 0.0741. The number of hydrogen-bond acceptors (Lipinski definition) is 4. The van der Waals surface area contributed by atoms with Gasteiger partial charge in [-0.2, -0.15) is 5.10 Å². The Morgan fingerprint density at radius 3 is 2.41 bits per heavy atom. The molecule has 0 fully saturated rings. The average Bonchev–Trinajstić information content (AvgIpc) is 2.84. The number of nitrogens with one attached hydrogen (secondary N) is 2. The Morgan fingerprint density at radius 1 is 0.941 bits per heavy atom. The number of fused-ring (bicyclic) bond motifs is 1. The van der Waals surface area contributed by atoms with Crippen LogP contribution < -0.4 is 15.5 Å². The van der Waals surface area contributed by atoms with E-state index in [1.165, 1.54) is 6.92 Å². The number of hydrazone groups is 1. The molecule has 0 radical (unpaired) electrons. The van der Waals surface area contributed by atoms with Crippen molar-refractivity contribution >= 4 is 46.1 Å². The highest BCUT2D eigenvalue weighted by Crippen LogP contribution is 2.27. The van der Waals surface area contributed by atoms with Crippen molar-refractivity contribution in [2.24, 2.45) is 5.10 Å². The van der Waals surface area contributed by atoms with Gasteiger partial charge in [0.1, 0.15) is 12.4 Å². The highest BCUT2D eigenvalue weighted by molar-refractivity contribution is 6.30. The molecule has 0 saturated carbocycles. The molecule has 0 aliphatic rings. The standard InChI is InChI=1S/C27H22ClN3O3/c1-18(32)30-23-13-8-21(9-14-23)27(33)31-29-16-25-24-5-3-2-4-20(24)10-15-26(25)34-17-19-6-11-22(28)12-7-19/h2-16H,17H2,1H3,(H,30,32)(H,31,33). The maximum atomic E-state index is 12.5. The maximum absolute atomic E-state index is 12.5. The van der Waals surface area contributed by atoms with Crippen LogP contribution in [0.25, 0.3) is 10.8 Å². The topological polar surface area (TPSA) is 79.8 Å². The molecule has 4 aromatic rings. The number of ether oxygens (including phenoxy) is 1. The molecule has 6 nitrogen and oxygen atoms in total. The predicted octanol–water partition coefficient (Wildman–Crippen LogP) is 5.79. The monoisotopic (exact) mass is 471 g/mol. The second-order valence-corrected chi connectivity index (χ2v) is 8.01. The van der Waals surface area contributed by atoms with Crippen molar-refractivity contribution in [3.63, 3.8) is 0 Å². The molecule has 2 N–H and O–H groups in total. The van der Waals surface area contributed by atoms with Crippen LogP contribution in [0.4, 0.5) is 5.69 Å². The zero-order chi connectivity index (χ0) is 23.9. The van der Waals surface area contributed by atoms with Crippen LogP contribution in [-0.2, 0) is 11.4 Å².